The van der Waals surface area contributed by atoms with Crippen LogP contribution < -0.4 is 10.5 Å². The lowest BCUT2D eigenvalue weighted by atomic mass is 9.87. The Labute approximate surface area is 134 Å². The molecule has 1 aromatic rings. The van der Waals surface area contributed by atoms with E-state index < -0.39 is 10.0 Å². The molecule has 1 aromatic carbocycles. The lowest BCUT2D eigenvalue weighted by molar-refractivity contribution is 0.102. The molecule has 21 heavy (non-hydrogen) atoms. The van der Waals surface area contributed by atoms with Gasteiger partial charge in [-0.15, -0.1) is 0 Å². The van der Waals surface area contributed by atoms with E-state index in [1.165, 1.54) is 12.1 Å². The number of benzene rings is 1. The monoisotopic (exact) mass is 352 g/mol. The molecule has 1 aliphatic rings. The maximum absolute atomic E-state index is 12.3. The molecule has 1 fully saturated rings. The Bertz CT molecular complexity index is 622. The molecule has 2 atom stereocenters. The van der Waals surface area contributed by atoms with Crippen molar-refractivity contribution in [3.8, 4) is 0 Å². The van der Waals surface area contributed by atoms with Crippen molar-refractivity contribution in [3.05, 3.63) is 22.2 Å². The van der Waals surface area contributed by atoms with Gasteiger partial charge in [0.25, 0.3) is 0 Å². The summed E-state index contributed by atoms with van der Waals surface area (Å²) in [6.45, 7) is 0.276. The van der Waals surface area contributed by atoms with Gasteiger partial charge in [-0.25, -0.2) is 13.1 Å². The summed E-state index contributed by atoms with van der Waals surface area (Å²) in [6, 6.07) is 2.74. The molecule has 0 aromatic heterocycles. The third kappa shape index (κ3) is 4.02. The van der Waals surface area contributed by atoms with E-state index in [0.717, 1.165) is 19.3 Å². The minimum Gasteiger partial charge on any atom is -0.396 e. The van der Waals surface area contributed by atoms with Crippen LogP contribution in [0.2, 0.25) is 10.0 Å². The van der Waals surface area contributed by atoms with Crippen LogP contribution in [0.5, 0.6) is 0 Å². The molecule has 5 nitrogen and oxygen atoms in total. The second-order valence-corrected chi connectivity index (χ2v) is 7.83. The lowest BCUT2D eigenvalue weighted by Gasteiger charge is -2.25. The van der Waals surface area contributed by atoms with E-state index in [0.29, 0.717) is 6.42 Å². The molecule has 0 radical (unpaired) electrons. The van der Waals surface area contributed by atoms with E-state index in [-0.39, 0.29) is 39.2 Å². The maximum atomic E-state index is 12.3. The number of anilines is 1. The zero-order chi connectivity index (χ0) is 15.6. The molecular formula is C13H18Cl2N2O3S. The SMILES string of the molecule is Nc1c(Cl)ccc(S(=O)(=O)NCC2CCCC(O)C2)c1Cl. The van der Waals surface area contributed by atoms with Crippen LogP contribution in [-0.2, 0) is 10.0 Å². The molecule has 0 amide bonds. The first-order valence-corrected chi connectivity index (χ1v) is 8.96. The van der Waals surface area contributed by atoms with Gasteiger partial charge in [-0.2, -0.15) is 0 Å². The minimum absolute atomic E-state index is 0.0503. The molecule has 2 rings (SSSR count). The highest BCUT2D eigenvalue weighted by Crippen LogP contribution is 2.33. The summed E-state index contributed by atoms with van der Waals surface area (Å²) < 4.78 is 27.1. The number of halogens is 2. The number of hydrogen-bond acceptors (Lipinski definition) is 4. The average Bonchev–Trinajstić information content (AvgIpc) is 2.43. The molecule has 2 unspecified atom stereocenters. The number of aliphatic hydroxyl groups is 1. The Morgan fingerprint density at radius 2 is 2.05 bits per heavy atom. The van der Waals surface area contributed by atoms with Crippen LogP contribution in [-0.4, -0.2) is 26.2 Å². The number of nitrogens with one attached hydrogen (secondary N) is 1. The number of rotatable bonds is 4. The van der Waals surface area contributed by atoms with Gasteiger partial charge in [0.1, 0.15) is 4.90 Å². The Hall–Kier alpha value is -0.530. The molecule has 4 N–H and O–H groups in total. The predicted molar refractivity (Wildman–Crippen MR) is 84.0 cm³/mol. The molecule has 118 valence electrons. The molecule has 1 aliphatic carbocycles. The fourth-order valence-electron chi connectivity index (χ4n) is 2.51. The third-order valence-electron chi connectivity index (χ3n) is 3.70. The normalized spacial score (nSPS) is 23.2. The zero-order valence-electron chi connectivity index (χ0n) is 11.4. The van der Waals surface area contributed by atoms with Crippen LogP contribution in [0.3, 0.4) is 0 Å². The third-order valence-corrected chi connectivity index (χ3v) is 6.01. The molecule has 1 saturated carbocycles. The first-order valence-electron chi connectivity index (χ1n) is 6.72. The predicted octanol–water partition coefficient (Wildman–Crippen LogP) is 2.41. The Morgan fingerprint density at radius 3 is 2.71 bits per heavy atom. The smallest absolute Gasteiger partial charge is 0.242 e. The Kier molecular flexibility index (Phi) is 5.38. The number of nitrogen functional groups attached to an aromatic ring is 1. The van der Waals surface area contributed by atoms with E-state index >= 15 is 0 Å². The standard InChI is InChI=1S/C13H18Cl2N2O3S/c14-10-4-5-11(12(15)13(10)16)21(19,20)17-7-8-2-1-3-9(18)6-8/h4-5,8-9,17-18H,1-3,6-7,16H2. The first kappa shape index (κ1) is 16.8. The van der Waals surface area contributed by atoms with Crippen LogP contribution in [0.1, 0.15) is 25.7 Å². The van der Waals surface area contributed by atoms with Crippen molar-refractivity contribution in [1.82, 2.24) is 4.72 Å². The van der Waals surface area contributed by atoms with Crippen molar-refractivity contribution in [2.24, 2.45) is 5.92 Å². The van der Waals surface area contributed by atoms with Gasteiger partial charge >= 0.3 is 0 Å². The van der Waals surface area contributed by atoms with Gasteiger partial charge in [0.2, 0.25) is 10.0 Å². The maximum Gasteiger partial charge on any atom is 0.242 e. The van der Waals surface area contributed by atoms with Crippen molar-refractivity contribution < 1.29 is 13.5 Å². The summed E-state index contributed by atoms with van der Waals surface area (Å²) in [5.41, 5.74) is 5.70. The minimum atomic E-state index is -3.75. The summed E-state index contributed by atoms with van der Waals surface area (Å²) >= 11 is 11.8. The van der Waals surface area contributed by atoms with E-state index in [2.05, 4.69) is 4.72 Å². The fourth-order valence-corrected chi connectivity index (χ4v) is 4.39. The molecule has 8 heteroatoms. The van der Waals surface area contributed by atoms with Gasteiger partial charge < -0.3 is 10.8 Å². The summed E-state index contributed by atoms with van der Waals surface area (Å²) in [5, 5.41) is 9.75. The van der Waals surface area contributed by atoms with Crippen LogP contribution in [0.4, 0.5) is 5.69 Å². The molecule has 0 bridgehead atoms. The van der Waals surface area contributed by atoms with Gasteiger partial charge in [0.05, 0.1) is 21.8 Å². The van der Waals surface area contributed by atoms with Crippen LogP contribution in [0.25, 0.3) is 0 Å². The highest BCUT2D eigenvalue weighted by Gasteiger charge is 2.24. The summed E-state index contributed by atoms with van der Waals surface area (Å²) in [6.07, 6.45) is 2.85. The fraction of sp³-hybridized carbons (Fsp3) is 0.538. The van der Waals surface area contributed by atoms with Crippen molar-refractivity contribution >= 4 is 38.9 Å². The molecule has 0 saturated heterocycles. The lowest BCUT2D eigenvalue weighted by Crippen LogP contribution is -2.33. The first-order chi connectivity index (χ1) is 9.81. The average molecular weight is 353 g/mol. The van der Waals surface area contributed by atoms with Gasteiger partial charge in [0, 0.05) is 6.54 Å². The van der Waals surface area contributed by atoms with E-state index in [1.54, 1.807) is 0 Å². The van der Waals surface area contributed by atoms with Gasteiger partial charge in [-0.1, -0.05) is 29.6 Å². The highest BCUT2D eigenvalue weighted by atomic mass is 35.5. The molecule has 0 spiro atoms. The number of sulfonamides is 1. The van der Waals surface area contributed by atoms with Gasteiger partial charge in [-0.05, 0) is 37.3 Å². The van der Waals surface area contributed by atoms with Crippen molar-refractivity contribution in [2.75, 3.05) is 12.3 Å². The molecule has 0 heterocycles. The van der Waals surface area contributed by atoms with Crippen LogP contribution in [0.15, 0.2) is 17.0 Å². The number of aliphatic hydroxyl groups excluding tert-OH is 1. The largest absolute Gasteiger partial charge is 0.396 e. The topological polar surface area (TPSA) is 92.4 Å². The number of hydrogen-bond donors (Lipinski definition) is 3. The van der Waals surface area contributed by atoms with Crippen molar-refractivity contribution in [1.29, 1.82) is 0 Å². The van der Waals surface area contributed by atoms with Crippen molar-refractivity contribution in [3.63, 3.8) is 0 Å². The Balaban J connectivity index is 2.10. The van der Waals surface area contributed by atoms with E-state index in [4.69, 9.17) is 28.9 Å². The zero-order valence-corrected chi connectivity index (χ0v) is 13.7. The second-order valence-electron chi connectivity index (χ2n) is 5.31. The Morgan fingerprint density at radius 1 is 1.33 bits per heavy atom. The van der Waals surface area contributed by atoms with E-state index in [9.17, 15) is 13.5 Å². The van der Waals surface area contributed by atoms with E-state index in [1.807, 2.05) is 0 Å². The molecular weight excluding hydrogens is 335 g/mol. The highest BCUT2D eigenvalue weighted by molar-refractivity contribution is 7.89. The van der Waals surface area contributed by atoms with Crippen molar-refractivity contribution in [2.45, 2.75) is 36.7 Å². The summed E-state index contributed by atoms with van der Waals surface area (Å²) in [5.74, 6) is 0.131. The summed E-state index contributed by atoms with van der Waals surface area (Å²) in [4.78, 5) is -0.0811. The quantitative estimate of drug-likeness (QED) is 0.725. The van der Waals surface area contributed by atoms with Gasteiger partial charge in [-0.3, -0.25) is 0 Å². The van der Waals surface area contributed by atoms with Crippen LogP contribution >= 0.6 is 23.2 Å². The summed E-state index contributed by atoms with van der Waals surface area (Å²) in [7, 11) is -3.75. The second kappa shape index (κ2) is 6.71. The molecule has 0 aliphatic heterocycles. The van der Waals surface area contributed by atoms with Crippen LogP contribution in [0, 0.1) is 5.92 Å². The van der Waals surface area contributed by atoms with Gasteiger partial charge in [0.15, 0.2) is 0 Å². The number of nitrogens with two attached hydrogens (primary N) is 1.